The lowest BCUT2D eigenvalue weighted by molar-refractivity contribution is -0.137. The maximum Gasteiger partial charge on any atom is 0.416 e. The van der Waals surface area contributed by atoms with Crippen LogP contribution < -0.4 is 5.32 Å². The van der Waals surface area contributed by atoms with Gasteiger partial charge in [-0.3, -0.25) is 4.79 Å². The molecule has 112 valence electrons. The van der Waals surface area contributed by atoms with Crippen molar-refractivity contribution in [3.8, 4) is 11.3 Å². The van der Waals surface area contributed by atoms with E-state index < -0.39 is 24.3 Å². The first-order valence-corrected chi connectivity index (χ1v) is 6.04. The van der Waals surface area contributed by atoms with Crippen LogP contribution in [0.25, 0.3) is 11.3 Å². The highest BCUT2D eigenvalue weighted by Gasteiger charge is 2.30. The molecule has 1 amide bonds. The number of aliphatic hydroxyl groups excluding tert-OH is 1. The Morgan fingerprint density at radius 2 is 2.00 bits per heavy atom. The van der Waals surface area contributed by atoms with Crippen LogP contribution in [0, 0.1) is 0 Å². The fourth-order valence-electron chi connectivity index (χ4n) is 1.72. The van der Waals surface area contributed by atoms with Crippen LogP contribution in [-0.2, 0) is 17.5 Å². The van der Waals surface area contributed by atoms with Crippen molar-refractivity contribution >= 4 is 5.91 Å². The van der Waals surface area contributed by atoms with Gasteiger partial charge < -0.3 is 14.8 Å². The quantitative estimate of drug-likeness (QED) is 0.912. The van der Waals surface area contributed by atoms with Gasteiger partial charge in [-0.25, -0.2) is 0 Å². The number of rotatable bonds is 4. The maximum absolute atomic E-state index is 12.6. The Balaban J connectivity index is 2.16. The fourth-order valence-corrected chi connectivity index (χ4v) is 1.72. The van der Waals surface area contributed by atoms with Crippen LogP contribution in [0.4, 0.5) is 13.2 Å². The van der Waals surface area contributed by atoms with Crippen molar-refractivity contribution in [2.45, 2.75) is 12.7 Å². The molecule has 0 spiro atoms. The lowest BCUT2D eigenvalue weighted by Crippen LogP contribution is -2.25. The van der Waals surface area contributed by atoms with Crippen molar-refractivity contribution in [1.29, 1.82) is 0 Å². The second-order valence-corrected chi connectivity index (χ2v) is 4.28. The lowest BCUT2D eigenvalue weighted by atomic mass is 10.1. The summed E-state index contributed by atoms with van der Waals surface area (Å²) in [7, 11) is 0. The number of aliphatic hydroxyl groups is 1. The summed E-state index contributed by atoms with van der Waals surface area (Å²) < 4.78 is 43.3. The molecule has 0 fully saturated rings. The van der Waals surface area contributed by atoms with E-state index >= 15 is 0 Å². The van der Waals surface area contributed by atoms with E-state index in [-0.39, 0.29) is 12.3 Å². The number of benzene rings is 1. The van der Waals surface area contributed by atoms with Gasteiger partial charge in [-0.2, -0.15) is 13.2 Å². The van der Waals surface area contributed by atoms with E-state index in [9.17, 15) is 18.0 Å². The van der Waals surface area contributed by atoms with Crippen molar-refractivity contribution in [2.75, 3.05) is 6.61 Å². The van der Waals surface area contributed by atoms with Gasteiger partial charge in [-0.15, -0.1) is 0 Å². The lowest BCUT2D eigenvalue weighted by Gasteiger charge is -2.07. The summed E-state index contributed by atoms with van der Waals surface area (Å²) in [5.74, 6) is 0.0885. The monoisotopic (exact) mass is 299 g/mol. The van der Waals surface area contributed by atoms with E-state index in [4.69, 9.17) is 9.52 Å². The number of amides is 1. The Labute approximate surface area is 118 Å². The third kappa shape index (κ3) is 3.85. The summed E-state index contributed by atoms with van der Waals surface area (Å²) in [6.45, 7) is -0.584. The van der Waals surface area contributed by atoms with Crippen molar-refractivity contribution in [3.05, 3.63) is 47.7 Å². The minimum absolute atomic E-state index is 0.0539. The van der Waals surface area contributed by atoms with Gasteiger partial charge in [0.05, 0.1) is 12.1 Å². The molecule has 21 heavy (non-hydrogen) atoms. The molecule has 0 saturated carbocycles. The molecule has 2 rings (SSSR count). The van der Waals surface area contributed by atoms with Crippen LogP contribution in [-0.4, -0.2) is 17.6 Å². The molecule has 2 N–H and O–H groups in total. The first-order chi connectivity index (χ1) is 9.90. The molecule has 0 aliphatic rings. The highest BCUT2D eigenvalue weighted by molar-refractivity contribution is 5.76. The molecular weight excluding hydrogens is 287 g/mol. The second-order valence-electron chi connectivity index (χ2n) is 4.28. The van der Waals surface area contributed by atoms with Gasteiger partial charge in [0.1, 0.15) is 18.1 Å². The van der Waals surface area contributed by atoms with E-state index in [1.165, 1.54) is 18.2 Å². The highest BCUT2D eigenvalue weighted by Crippen LogP contribution is 2.32. The van der Waals surface area contributed by atoms with E-state index in [2.05, 4.69) is 5.32 Å². The summed E-state index contributed by atoms with van der Waals surface area (Å²) in [5, 5.41) is 10.9. The number of nitrogens with one attached hydrogen (secondary N) is 1. The Kier molecular flexibility index (Phi) is 4.32. The Hall–Kier alpha value is -2.28. The summed E-state index contributed by atoms with van der Waals surface area (Å²) in [6.07, 6.45) is -4.42. The van der Waals surface area contributed by atoms with Gasteiger partial charge in [0, 0.05) is 5.56 Å². The number of furan rings is 1. The summed E-state index contributed by atoms with van der Waals surface area (Å²) in [4.78, 5) is 10.9. The van der Waals surface area contributed by atoms with Crippen molar-refractivity contribution in [2.24, 2.45) is 0 Å². The van der Waals surface area contributed by atoms with Gasteiger partial charge in [-0.1, -0.05) is 12.1 Å². The average Bonchev–Trinajstić information content (AvgIpc) is 2.93. The number of carbonyl (C=O) groups is 1. The number of hydrogen-bond acceptors (Lipinski definition) is 3. The zero-order valence-corrected chi connectivity index (χ0v) is 10.8. The van der Waals surface area contributed by atoms with Crippen LogP contribution in [0.3, 0.4) is 0 Å². The highest BCUT2D eigenvalue weighted by atomic mass is 19.4. The van der Waals surface area contributed by atoms with E-state index in [0.717, 1.165) is 12.1 Å². The van der Waals surface area contributed by atoms with Crippen molar-refractivity contribution in [3.63, 3.8) is 0 Å². The molecule has 0 aliphatic carbocycles. The molecule has 1 aromatic heterocycles. The van der Waals surface area contributed by atoms with Gasteiger partial charge in [0.25, 0.3) is 0 Å². The Morgan fingerprint density at radius 1 is 1.24 bits per heavy atom. The SMILES string of the molecule is O=C(CO)NCc1ccc(-c2cccc(C(F)(F)F)c2)o1. The van der Waals surface area contributed by atoms with E-state index in [0.29, 0.717) is 11.3 Å². The molecule has 4 nitrogen and oxygen atoms in total. The third-order valence-corrected chi connectivity index (χ3v) is 2.74. The van der Waals surface area contributed by atoms with Gasteiger partial charge in [0.2, 0.25) is 5.91 Å². The smallest absolute Gasteiger partial charge is 0.416 e. The molecule has 1 aromatic carbocycles. The Morgan fingerprint density at radius 3 is 2.67 bits per heavy atom. The molecule has 2 aromatic rings. The van der Waals surface area contributed by atoms with Gasteiger partial charge >= 0.3 is 6.18 Å². The molecule has 0 bridgehead atoms. The van der Waals surface area contributed by atoms with Gasteiger partial charge in [-0.05, 0) is 24.3 Å². The number of hydrogen-bond donors (Lipinski definition) is 2. The predicted molar refractivity (Wildman–Crippen MR) is 68.1 cm³/mol. The second kappa shape index (κ2) is 6.01. The van der Waals surface area contributed by atoms with Crippen LogP contribution in [0.2, 0.25) is 0 Å². The predicted octanol–water partition coefficient (Wildman–Crippen LogP) is 2.57. The molecule has 0 atom stereocenters. The summed E-state index contributed by atoms with van der Waals surface area (Å²) in [5.41, 5.74) is -0.462. The molecule has 7 heteroatoms. The molecule has 1 heterocycles. The number of alkyl halides is 3. The summed E-state index contributed by atoms with van der Waals surface area (Å²) >= 11 is 0. The summed E-state index contributed by atoms with van der Waals surface area (Å²) in [6, 6.07) is 7.85. The minimum atomic E-state index is -4.42. The standard InChI is InChI=1S/C14H12F3NO3/c15-14(16,17)10-3-1-2-9(6-10)12-5-4-11(21-12)7-18-13(20)8-19/h1-6,19H,7-8H2,(H,18,20). The van der Waals surface area contributed by atoms with E-state index in [1.807, 2.05) is 0 Å². The zero-order valence-electron chi connectivity index (χ0n) is 10.8. The first-order valence-electron chi connectivity index (χ1n) is 6.04. The van der Waals surface area contributed by atoms with Crippen LogP contribution in [0.1, 0.15) is 11.3 Å². The van der Waals surface area contributed by atoms with Crippen molar-refractivity contribution < 1.29 is 27.5 Å². The van der Waals surface area contributed by atoms with Crippen LogP contribution >= 0.6 is 0 Å². The van der Waals surface area contributed by atoms with Gasteiger partial charge in [0.15, 0.2) is 0 Å². The van der Waals surface area contributed by atoms with Crippen molar-refractivity contribution in [1.82, 2.24) is 5.32 Å². The van der Waals surface area contributed by atoms with E-state index in [1.54, 1.807) is 6.07 Å². The third-order valence-electron chi connectivity index (χ3n) is 2.74. The van der Waals surface area contributed by atoms with Crippen LogP contribution in [0.15, 0.2) is 40.8 Å². The molecule has 0 radical (unpaired) electrons. The Bertz CT molecular complexity index is 634. The number of halogens is 3. The molecule has 0 unspecified atom stereocenters. The topological polar surface area (TPSA) is 62.5 Å². The molecule has 0 aliphatic heterocycles. The molecular formula is C14H12F3NO3. The number of carbonyl (C=O) groups excluding carboxylic acids is 1. The average molecular weight is 299 g/mol. The zero-order chi connectivity index (χ0) is 15.5. The molecule has 0 saturated heterocycles. The first kappa shape index (κ1) is 15.1. The maximum atomic E-state index is 12.6. The fraction of sp³-hybridized carbons (Fsp3) is 0.214. The minimum Gasteiger partial charge on any atom is -0.459 e. The van der Waals surface area contributed by atoms with Crippen LogP contribution in [0.5, 0.6) is 0 Å². The normalized spacial score (nSPS) is 11.4. The largest absolute Gasteiger partial charge is 0.459 e.